The summed E-state index contributed by atoms with van der Waals surface area (Å²) in [5.41, 5.74) is -0.440. The van der Waals surface area contributed by atoms with Crippen LogP contribution < -0.4 is 5.32 Å². The molecule has 0 aromatic rings. The van der Waals surface area contributed by atoms with Crippen LogP contribution in [0.25, 0.3) is 0 Å². The minimum absolute atomic E-state index is 0.182. The molecule has 0 aromatic carbocycles. The minimum Gasteiger partial charge on any atom is -0.444 e. The molecule has 0 aliphatic carbocycles. The van der Waals surface area contributed by atoms with E-state index in [0.29, 0.717) is 12.5 Å². The van der Waals surface area contributed by atoms with Crippen molar-refractivity contribution < 1.29 is 14.3 Å². The number of hydrogen-bond acceptors (Lipinski definition) is 4. The summed E-state index contributed by atoms with van der Waals surface area (Å²) in [6.45, 7) is 11.0. The lowest BCUT2D eigenvalue weighted by atomic mass is 9.91. The molecule has 3 atom stereocenters. The molecule has 0 spiro atoms. The van der Waals surface area contributed by atoms with Gasteiger partial charge in [-0.05, 0) is 34.1 Å². The normalized spacial score (nSPS) is 32.4. The SMILES string of the molecule is CC1OCCC1C1CNCCN1C(=O)OC(C)(C)C. The number of hydrogen-bond donors (Lipinski definition) is 1. The highest BCUT2D eigenvalue weighted by molar-refractivity contribution is 5.68. The molecule has 0 aromatic heterocycles. The molecule has 2 fully saturated rings. The molecule has 0 radical (unpaired) electrons. The molecular weight excluding hydrogens is 244 g/mol. The van der Waals surface area contributed by atoms with E-state index < -0.39 is 5.60 Å². The monoisotopic (exact) mass is 270 g/mol. The van der Waals surface area contributed by atoms with Crippen LogP contribution >= 0.6 is 0 Å². The number of piperazine rings is 1. The highest BCUT2D eigenvalue weighted by atomic mass is 16.6. The molecule has 0 bridgehead atoms. The Labute approximate surface area is 115 Å². The Balaban J connectivity index is 2.05. The first-order valence-corrected chi connectivity index (χ1v) is 7.20. The maximum atomic E-state index is 12.3. The largest absolute Gasteiger partial charge is 0.444 e. The van der Waals surface area contributed by atoms with Crippen molar-refractivity contribution in [1.29, 1.82) is 0 Å². The van der Waals surface area contributed by atoms with Crippen molar-refractivity contribution in [3.05, 3.63) is 0 Å². The lowest BCUT2D eigenvalue weighted by Crippen LogP contribution is -2.58. The van der Waals surface area contributed by atoms with Gasteiger partial charge >= 0.3 is 6.09 Å². The van der Waals surface area contributed by atoms with Gasteiger partial charge in [-0.3, -0.25) is 0 Å². The van der Waals surface area contributed by atoms with E-state index in [-0.39, 0.29) is 18.2 Å². The average Bonchev–Trinajstić information content (AvgIpc) is 2.73. The Kier molecular flexibility index (Phi) is 4.36. The second kappa shape index (κ2) is 5.67. The van der Waals surface area contributed by atoms with E-state index in [4.69, 9.17) is 9.47 Å². The van der Waals surface area contributed by atoms with Crippen LogP contribution in [-0.2, 0) is 9.47 Å². The van der Waals surface area contributed by atoms with E-state index in [9.17, 15) is 4.79 Å². The summed E-state index contributed by atoms with van der Waals surface area (Å²) in [5, 5.41) is 3.37. The van der Waals surface area contributed by atoms with Crippen LogP contribution in [0.1, 0.15) is 34.1 Å². The van der Waals surface area contributed by atoms with Crippen LogP contribution in [0.3, 0.4) is 0 Å². The van der Waals surface area contributed by atoms with Crippen LogP contribution in [-0.4, -0.2) is 55.0 Å². The standard InChI is InChI=1S/C14H26N2O3/c1-10-11(5-8-18-10)12-9-15-6-7-16(12)13(17)19-14(2,3)4/h10-12,15H,5-9H2,1-4H3. The van der Waals surface area contributed by atoms with E-state index in [1.165, 1.54) is 0 Å². The zero-order chi connectivity index (χ0) is 14.0. The maximum absolute atomic E-state index is 12.3. The fourth-order valence-corrected chi connectivity index (χ4v) is 2.91. The highest BCUT2D eigenvalue weighted by Crippen LogP contribution is 2.28. The van der Waals surface area contributed by atoms with E-state index in [1.54, 1.807) is 0 Å². The number of carbonyl (C=O) groups excluding carboxylic acids is 1. The molecule has 2 aliphatic heterocycles. The molecule has 5 nitrogen and oxygen atoms in total. The Morgan fingerprint density at radius 3 is 2.74 bits per heavy atom. The van der Waals surface area contributed by atoms with Crippen molar-refractivity contribution in [3.63, 3.8) is 0 Å². The summed E-state index contributed by atoms with van der Waals surface area (Å²) < 4.78 is 11.2. The van der Waals surface area contributed by atoms with Crippen molar-refractivity contribution in [3.8, 4) is 0 Å². The lowest BCUT2D eigenvalue weighted by molar-refractivity contribution is -0.00251. The van der Waals surface area contributed by atoms with Gasteiger partial charge in [0.2, 0.25) is 0 Å². The molecule has 3 unspecified atom stereocenters. The number of ether oxygens (including phenoxy) is 2. The van der Waals surface area contributed by atoms with E-state index in [2.05, 4.69) is 12.2 Å². The fraction of sp³-hybridized carbons (Fsp3) is 0.929. The number of nitrogens with one attached hydrogen (secondary N) is 1. The van der Waals surface area contributed by atoms with Crippen LogP contribution in [0.4, 0.5) is 4.79 Å². The first-order valence-electron chi connectivity index (χ1n) is 7.20. The number of rotatable bonds is 1. The predicted octanol–water partition coefficient (Wildman–Crippen LogP) is 1.62. The van der Waals surface area contributed by atoms with Gasteiger partial charge in [0.25, 0.3) is 0 Å². The molecule has 1 amide bonds. The van der Waals surface area contributed by atoms with Crippen molar-refractivity contribution in [2.45, 2.75) is 51.9 Å². The molecular formula is C14H26N2O3. The fourth-order valence-electron chi connectivity index (χ4n) is 2.91. The van der Waals surface area contributed by atoms with Gasteiger partial charge in [0.15, 0.2) is 0 Å². The van der Waals surface area contributed by atoms with E-state index in [0.717, 1.165) is 26.1 Å². The van der Waals surface area contributed by atoms with Crippen molar-refractivity contribution in [2.24, 2.45) is 5.92 Å². The summed E-state index contributed by atoms with van der Waals surface area (Å²) in [6, 6.07) is 0.182. The number of amides is 1. The van der Waals surface area contributed by atoms with Crippen LogP contribution in [0.2, 0.25) is 0 Å². The summed E-state index contributed by atoms with van der Waals surface area (Å²) in [5.74, 6) is 0.403. The van der Waals surface area contributed by atoms with E-state index in [1.807, 2.05) is 25.7 Å². The number of carbonyl (C=O) groups is 1. The third-order valence-corrected chi connectivity index (χ3v) is 3.84. The molecule has 2 saturated heterocycles. The van der Waals surface area contributed by atoms with Crippen LogP contribution in [0, 0.1) is 5.92 Å². The third-order valence-electron chi connectivity index (χ3n) is 3.84. The zero-order valence-electron chi connectivity index (χ0n) is 12.4. The number of nitrogens with zero attached hydrogens (tertiary/aromatic N) is 1. The molecule has 0 saturated carbocycles. The van der Waals surface area contributed by atoms with E-state index >= 15 is 0 Å². The second-order valence-electron chi connectivity index (χ2n) is 6.47. The molecule has 5 heteroatoms. The molecule has 2 aliphatic rings. The first-order chi connectivity index (χ1) is 8.88. The smallest absolute Gasteiger partial charge is 0.410 e. The maximum Gasteiger partial charge on any atom is 0.410 e. The summed E-state index contributed by atoms with van der Waals surface area (Å²) in [7, 11) is 0. The molecule has 110 valence electrons. The molecule has 2 rings (SSSR count). The summed E-state index contributed by atoms with van der Waals surface area (Å²) in [6.07, 6.45) is 1.04. The van der Waals surface area contributed by atoms with Crippen LogP contribution in [0.15, 0.2) is 0 Å². The second-order valence-corrected chi connectivity index (χ2v) is 6.47. The molecule has 19 heavy (non-hydrogen) atoms. The molecule has 2 heterocycles. The van der Waals surface area contributed by atoms with Gasteiger partial charge < -0.3 is 19.7 Å². The van der Waals surface area contributed by atoms with Crippen molar-refractivity contribution in [2.75, 3.05) is 26.2 Å². The topological polar surface area (TPSA) is 50.8 Å². The van der Waals surface area contributed by atoms with Gasteiger partial charge in [-0.15, -0.1) is 0 Å². The first kappa shape index (κ1) is 14.6. The lowest BCUT2D eigenvalue weighted by Gasteiger charge is -2.40. The van der Waals surface area contributed by atoms with Crippen LogP contribution in [0.5, 0.6) is 0 Å². The Hall–Kier alpha value is -0.810. The highest BCUT2D eigenvalue weighted by Gasteiger charge is 2.39. The molecule has 1 N–H and O–H groups in total. The predicted molar refractivity (Wildman–Crippen MR) is 73.1 cm³/mol. The van der Waals surface area contributed by atoms with Crippen molar-refractivity contribution in [1.82, 2.24) is 10.2 Å². The Morgan fingerprint density at radius 1 is 1.42 bits per heavy atom. The minimum atomic E-state index is -0.440. The van der Waals surface area contributed by atoms with Gasteiger partial charge in [-0.25, -0.2) is 4.79 Å². The van der Waals surface area contributed by atoms with Gasteiger partial charge in [0, 0.05) is 32.2 Å². The summed E-state index contributed by atoms with van der Waals surface area (Å²) in [4.78, 5) is 14.2. The van der Waals surface area contributed by atoms with Gasteiger partial charge in [-0.2, -0.15) is 0 Å². The van der Waals surface area contributed by atoms with Gasteiger partial charge in [-0.1, -0.05) is 0 Å². The zero-order valence-corrected chi connectivity index (χ0v) is 12.4. The Bertz CT molecular complexity index is 327. The third kappa shape index (κ3) is 3.60. The average molecular weight is 270 g/mol. The Morgan fingerprint density at radius 2 is 2.16 bits per heavy atom. The quantitative estimate of drug-likeness (QED) is 0.786. The van der Waals surface area contributed by atoms with Gasteiger partial charge in [0.05, 0.1) is 12.1 Å². The summed E-state index contributed by atoms with van der Waals surface area (Å²) >= 11 is 0. The van der Waals surface area contributed by atoms with Gasteiger partial charge in [0.1, 0.15) is 5.60 Å². The van der Waals surface area contributed by atoms with Crippen molar-refractivity contribution >= 4 is 6.09 Å².